The molecule has 0 unspecified atom stereocenters. The third-order valence-electron chi connectivity index (χ3n) is 2.08. The average molecular weight is 236 g/mol. The highest BCUT2D eigenvalue weighted by Crippen LogP contribution is 2.03. The van der Waals surface area contributed by atoms with Gasteiger partial charge in [-0.15, -0.1) is 11.6 Å². The zero-order valence-electron chi connectivity index (χ0n) is 8.48. The molecule has 0 radical (unpaired) electrons. The number of H-pyrrole nitrogens is 1. The molecule has 0 aromatic carbocycles. The third kappa shape index (κ3) is 2.67. The molecule has 4 nitrogen and oxygen atoms in total. The molecule has 82 valence electrons. The van der Waals surface area contributed by atoms with Gasteiger partial charge in [0.2, 0.25) is 0 Å². The molecule has 0 aliphatic heterocycles. The lowest BCUT2D eigenvalue weighted by atomic mass is 10.2. The van der Waals surface area contributed by atoms with Crippen LogP contribution in [0.2, 0.25) is 0 Å². The van der Waals surface area contributed by atoms with Crippen LogP contribution in [-0.4, -0.2) is 15.0 Å². The van der Waals surface area contributed by atoms with Gasteiger partial charge in [0.15, 0.2) is 0 Å². The monoisotopic (exact) mass is 235 g/mol. The van der Waals surface area contributed by atoms with Crippen molar-refractivity contribution in [3.63, 3.8) is 0 Å². The number of nitrogens with zero attached hydrogens (tertiary/aromatic N) is 2. The first-order valence-corrected chi connectivity index (χ1v) is 5.35. The molecular weight excluding hydrogens is 226 g/mol. The maximum atomic E-state index is 11.3. The van der Waals surface area contributed by atoms with Crippen molar-refractivity contribution in [3.8, 4) is 0 Å². The Morgan fingerprint density at radius 1 is 1.44 bits per heavy atom. The summed E-state index contributed by atoms with van der Waals surface area (Å²) >= 11 is 5.65. The van der Waals surface area contributed by atoms with Gasteiger partial charge in [0.1, 0.15) is 5.82 Å². The van der Waals surface area contributed by atoms with E-state index in [0.717, 1.165) is 5.56 Å². The van der Waals surface area contributed by atoms with Crippen LogP contribution in [0.1, 0.15) is 17.1 Å². The SMILES string of the molecule is O=c1cc(CCl)nc(Cc2cccnc2)[nH]1. The number of aromatic amines is 1. The Bertz CT molecular complexity index is 524. The molecule has 2 aromatic heterocycles. The number of alkyl halides is 1. The lowest BCUT2D eigenvalue weighted by molar-refractivity contribution is 0.911. The molecule has 0 aliphatic rings. The van der Waals surface area contributed by atoms with Gasteiger partial charge in [0.05, 0.1) is 11.6 Å². The quantitative estimate of drug-likeness (QED) is 0.821. The fourth-order valence-electron chi connectivity index (χ4n) is 1.41. The Kier molecular flexibility index (Phi) is 3.31. The fraction of sp³-hybridized carbons (Fsp3) is 0.182. The number of rotatable bonds is 3. The van der Waals surface area contributed by atoms with E-state index in [0.29, 0.717) is 17.9 Å². The zero-order chi connectivity index (χ0) is 11.4. The molecule has 0 saturated carbocycles. The summed E-state index contributed by atoms with van der Waals surface area (Å²) in [5.74, 6) is 0.848. The first-order chi connectivity index (χ1) is 7.78. The van der Waals surface area contributed by atoms with Crippen LogP contribution in [-0.2, 0) is 12.3 Å². The van der Waals surface area contributed by atoms with Crippen LogP contribution in [0.25, 0.3) is 0 Å². The standard InChI is InChI=1S/C11H10ClN3O/c12-6-9-5-11(16)15-10(14-9)4-8-2-1-3-13-7-8/h1-3,5,7H,4,6H2,(H,14,15,16). The van der Waals surface area contributed by atoms with E-state index in [4.69, 9.17) is 11.6 Å². The van der Waals surface area contributed by atoms with Crippen molar-refractivity contribution < 1.29 is 0 Å². The van der Waals surface area contributed by atoms with Crippen molar-refractivity contribution in [1.29, 1.82) is 0 Å². The summed E-state index contributed by atoms with van der Waals surface area (Å²) in [4.78, 5) is 22.2. The molecule has 0 amide bonds. The summed E-state index contributed by atoms with van der Waals surface area (Å²) in [6, 6.07) is 5.18. The van der Waals surface area contributed by atoms with E-state index < -0.39 is 0 Å². The van der Waals surface area contributed by atoms with Gasteiger partial charge in [-0.1, -0.05) is 6.07 Å². The number of pyridine rings is 1. The minimum atomic E-state index is -0.176. The van der Waals surface area contributed by atoms with Gasteiger partial charge in [-0.3, -0.25) is 9.78 Å². The molecule has 2 heterocycles. The van der Waals surface area contributed by atoms with Gasteiger partial charge in [-0.2, -0.15) is 0 Å². The molecule has 16 heavy (non-hydrogen) atoms. The smallest absolute Gasteiger partial charge is 0.251 e. The fourth-order valence-corrected chi connectivity index (χ4v) is 1.55. The molecule has 0 spiro atoms. The molecule has 0 saturated heterocycles. The topological polar surface area (TPSA) is 58.6 Å². The predicted octanol–water partition coefficient (Wildman–Crippen LogP) is 1.49. The maximum Gasteiger partial charge on any atom is 0.251 e. The lowest BCUT2D eigenvalue weighted by Gasteiger charge is -2.01. The summed E-state index contributed by atoms with van der Waals surface area (Å²) in [7, 11) is 0. The van der Waals surface area contributed by atoms with Crippen LogP contribution in [0.4, 0.5) is 0 Å². The Labute approximate surface area is 97.3 Å². The Morgan fingerprint density at radius 2 is 2.31 bits per heavy atom. The molecule has 2 rings (SSSR count). The van der Waals surface area contributed by atoms with Crippen LogP contribution >= 0.6 is 11.6 Å². The highest BCUT2D eigenvalue weighted by molar-refractivity contribution is 6.16. The molecular formula is C11H10ClN3O. The molecule has 2 aromatic rings. The minimum Gasteiger partial charge on any atom is -0.310 e. The summed E-state index contributed by atoms with van der Waals surface area (Å²) in [6.45, 7) is 0. The van der Waals surface area contributed by atoms with Crippen molar-refractivity contribution in [2.75, 3.05) is 0 Å². The molecule has 1 N–H and O–H groups in total. The van der Waals surface area contributed by atoms with Crippen molar-refractivity contribution in [3.05, 3.63) is 58.0 Å². The van der Waals surface area contributed by atoms with E-state index in [-0.39, 0.29) is 11.4 Å². The highest BCUT2D eigenvalue weighted by Gasteiger charge is 2.01. The average Bonchev–Trinajstić information content (AvgIpc) is 2.29. The van der Waals surface area contributed by atoms with Crippen LogP contribution in [0.3, 0.4) is 0 Å². The van der Waals surface area contributed by atoms with E-state index in [1.165, 1.54) is 6.07 Å². The Morgan fingerprint density at radius 3 is 3.00 bits per heavy atom. The van der Waals surface area contributed by atoms with Crippen molar-refractivity contribution >= 4 is 11.6 Å². The van der Waals surface area contributed by atoms with Crippen LogP contribution in [0.5, 0.6) is 0 Å². The van der Waals surface area contributed by atoms with Crippen LogP contribution in [0, 0.1) is 0 Å². The second kappa shape index (κ2) is 4.90. The van der Waals surface area contributed by atoms with E-state index in [2.05, 4.69) is 15.0 Å². The van der Waals surface area contributed by atoms with Gasteiger partial charge in [0, 0.05) is 24.9 Å². The molecule has 0 atom stereocenters. The van der Waals surface area contributed by atoms with Crippen LogP contribution in [0.15, 0.2) is 35.4 Å². The number of aromatic nitrogens is 3. The molecule has 5 heteroatoms. The second-order valence-electron chi connectivity index (χ2n) is 3.36. The number of nitrogens with one attached hydrogen (secondary N) is 1. The third-order valence-corrected chi connectivity index (χ3v) is 2.35. The zero-order valence-corrected chi connectivity index (χ0v) is 9.24. The lowest BCUT2D eigenvalue weighted by Crippen LogP contribution is -2.12. The molecule has 0 aliphatic carbocycles. The summed E-state index contributed by atoms with van der Waals surface area (Å²) in [6.07, 6.45) is 4.00. The van der Waals surface area contributed by atoms with E-state index in [1.54, 1.807) is 12.4 Å². The molecule has 0 bridgehead atoms. The van der Waals surface area contributed by atoms with Crippen molar-refractivity contribution in [2.45, 2.75) is 12.3 Å². The first-order valence-electron chi connectivity index (χ1n) is 4.82. The first kappa shape index (κ1) is 10.8. The summed E-state index contributed by atoms with van der Waals surface area (Å²) in [5, 5.41) is 0. The summed E-state index contributed by atoms with van der Waals surface area (Å²) in [5.41, 5.74) is 1.41. The maximum absolute atomic E-state index is 11.3. The van der Waals surface area contributed by atoms with E-state index in [9.17, 15) is 4.79 Å². The second-order valence-corrected chi connectivity index (χ2v) is 3.62. The van der Waals surface area contributed by atoms with Crippen molar-refractivity contribution in [2.24, 2.45) is 0 Å². The molecule has 0 fully saturated rings. The van der Waals surface area contributed by atoms with Gasteiger partial charge in [-0.05, 0) is 11.6 Å². The highest BCUT2D eigenvalue weighted by atomic mass is 35.5. The number of hydrogen-bond acceptors (Lipinski definition) is 3. The van der Waals surface area contributed by atoms with E-state index in [1.807, 2.05) is 12.1 Å². The van der Waals surface area contributed by atoms with E-state index >= 15 is 0 Å². The van der Waals surface area contributed by atoms with Gasteiger partial charge in [0.25, 0.3) is 5.56 Å². The number of hydrogen-bond donors (Lipinski definition) is 1. The largest absolute Gasteiger partial charge is 0.310 e. The summed E-state index contributed by atoms with van der Waals surface area (Å²) < 4.78 is 0. The Balaban J connectivity index is 2.28. The van der Waals surface area contributed by atoms with Crippen LogP contribution < -0.4 is 5.56 Å². The Hall–Kier alpha value is -1.68. The minimum absolute atomic E-state index is 0.176. The van der Waals surface area contributed by atoms with Crippen molar-refractivity contribution in [1.82, 2.24) is 15.0 Å². The predicted molar refractivity (Wildman–Crippen MR) is 61.5 cm³/mol. The van der Waals surface area contributed by atoms with Gasteiger partial charge < -0.3 is 4.98 Å². The normalized spacial score (nSPS) is 10.3. The number of halogens is 1. The van der Waals surface area contributed by atoms with Gasteiger partial charge in [-0.25, -0.2) is 4.98 Å². The van der Waals surface area contributed by atoms with Gasteiger partial charge >= 0.3 is 0 Å².